The Morgan fingerprint density at radius 3 is 1.07 bits per heavy atom. The molecule has 0 spiro atoms. The molecule has 0 aliphatic carbocycles. The molecule has 0 fully saturated rings. The number of esters is 3. The Hall–Kier alpha value is -2.89. The second-order valence-electron chi connectivity index (χ2n) is 16.7. The van der Waals surface area contributed by atoms with E-state index >= 15 is 0 Å². The molecule has 0 aromatic carbocycles. The molecule has 6 nitrogen and oxygen atoms in total. The van der Waals surface area contributed by atoms with Crippen LogP contribution < -0.4 is 0 Å². The van der Waals surface area contributed by atoms with Gasteiger partial charge in [-0.1, -0.05) is 204 Å². The lowest BCUT2D eigenvalue weighted by molar-refractivity contribution is -0.167. The third-order valence-electron chi connectivity index (χ3n) is 10.8. The van der Waals surface area contributed by atoms with Crippen LogP contribution in [0.4, 0.5) is 0 Å². The van der Waals surface area contributed by atoms with Crippen molar-refractivity contribution in [1.82, 2.24) is 0 Å². The van der Waals surface area contributed by atoms with Gasteiger partial charge in [0.1, 0.15) is 13.2 Å². The second kappa shape index (κ2) is 48.8. The molecule has 0 aliphatic heterocycles. The van der Waals surface area contributed by atoms with Crippen molar-refractivity contribution < 1.29 is 28.6 Å². The van der Waals surface area contributed by atoms with Gasteiger partial charge in [0.15, 0.2) is 6.10 Å². The molecule has 0 aliphatic rings. The van der Waals surface area contributed by atoms with Gasteiger partial charge in [-0.05, 0) is 83.5 Å². The molecule has 0 N–H and O–H groups in total. The molecule has 1 unspecified atom stereocenters. The smallest absolute Gasteiger partial charge is 0.306 e. The Morgan fingerprint density at radius 2 is 0.650 bits per heavy atom. The van der Waals surface area contributed by atoms with E-state index in [-0.39, 0.29) is 31.1 Å². The van der Waals surface area contributed by atoms with Gasteiger partial charge < -0.3 is 14.2 Å². The molecule has 6 heteroatoms. The Morgan fingerprint density at radius 1 is 0.350 bits per heavy atom. The quantitative estimate of drug-likeness (QED) is 0.0263. The van der Waals surface area contributed by atoms with Crippen molar-refractivity contribution in [3.05, 3.63) is 60.8 Å². The van der Waals surface area contributed by atoms with Crippen LogP contribution in [0.5, 0.6) is 0 Å². The van der Waals surface area contributed by atoms with Crippen molar-refractivity contribution >= 4 is 17.9 Å². The number of carbonyl (C=O) groups excluding carboxylic acids is 3. The number of hydrogen-bond acceptors (Lipinski definition) is 6. The summed E-state index contributed by atoms with van der Waals surface area (Å²) < 4.78 is 16.7. The summed E-state index contributed by atoms with van der Waals surface area (Å²) >= 11 is 0. The maximum atomic E-state index is 12.8. The van der Waals surface area contributed by atoms with E-state index in [1.54, 1.807) is 0 Å². The lowest BCUT2D eigenvalue weighted by Crippen LogP contribution is -2.30. The summed E-state index contributed by atoms with van der Waals surface area (Å²) in [6.45, 7) is 6.47. The highest BCUT2D eigenvalue weighted by atomic mass is 16.6. The topological polar surface area (TPSA) is 78.9 Å². The number of carbonyl (C=O) groups is 3. The minimum atomic E-state index is -0.789. The number of hydrogen-bond donors (Lipinski definition) is 0. The van der Waals surface area contributed by atoms with E-state index in [4.69, 9.17) is 14.2 Å². The summed E-state index contributed by atoms with van der Waals surface area (Å²) in [5, 5.41) is 0. The molecular formula is C54H94O6. The monoisotopic (exact) mass is 839 g/mol. The highest BCUT2D eigenvalue weighted by molar-refractivity contribution is 5.71. The Labute approximate surface area is 370 Å². The standard InChI is InChI=1S/C54H94O6/c1-4-7-10-13-16-19-22-25-26-27-28-30-32-35-38-41-44-47-53(56)59-50-51(49-58-52(55)46-43-40-37-34-31-24-21-18-15-12-9-6-3)60-54(57)48-45-42-39-36-33-29-23-20-17-14-11-8-5-2/h8,11,16-17,19-20,25-26,29,33,51H,4-7,9-10,12-15,18,21-24,27-28,30-32,34-50H2,1-3H3/b11-8-,19-16-,20-17-,26-25-,33-29-. The van der Waals surface area contributed by atoms with E-state index in [0.717, 1.165) is 96.3 Å². The summed E-state index contributed by atoms with van der Waals surface area (Å²) in [6.07, 6.45) is 59.1. The maximum Gasteiger partial charge on any atom is 0.306 e. The van der Waals surface area contributed by atoms with Crippen LogP contribution in [0.15, 0.2) is 60.8 Å². The van der Waals surface area contributed by atoms with Crippen molar-refractivity contribution in [2.75, 3.05) is 13.2 Å². The molecule has 0 radical (unpaired) electrons. The van der Waals surface area contributed by atoms with Gasteiger partial charge in [0, 0.05) is 19.3 Å². The Balaban J connectivity index is 4.40. The summed E-state index contributed by atoms with van der Waals surface area (Å²) in [4.78, 5) is 37.9. The molecule has 0 heterocycles. The van der Waals surface area contributed by atoms with Crippen molar-refractivity contribution in [3.63, 3.8) is 0 Å². The van der Waals surface area contributed by atoms with Crippen molar-refractivity contribution in [2.45, 2.75) is 252 Å². The van der Waals surface area contributed by atoms with Gasteiger partial charge in [0.05, 0.1) is 0 Å². The van der Waals surface area contributed by atoms with E-state index in [2.05, 4.69) is 81.5 Å². The molecule has 0 aromatic heterocycles. The van der Waals surface area contributed by atoms with Gasteiger partial charge in [-0.15, -0.1) is 0 Å². The highest BCUT2D eigenvalue weighted by Crippen LogP contribution is 2.14. The number of rotatable bonds is 45. The molecule has 0 aromatic rings. The first-order valence-corrected chi connectivity index (χ1v) is 25.3. The van der Waals surface area contributed by atoms with E-state index in [0.29, 0.717) is 19.3 Å². The number of ether oxygens (including phenoxy) is 3. The van der Waals surface area contributed by atoms with Crippen LogP contribution in [-0.4, -0.2) is 37.2 Å². The van der Waals surface area contributed by atoms with Gasteiger partial charge in [0.2, 0.25) is 0 Å². The average molecular weight is 839 g/mol. The van der Waals surface area contributed by atoms with Gasteiger partial charge in [0.25, 0.3) is 0 Å². The summed E-state index contributed by atoms with van der Waals surface area (Å²) in [6, 6.07) is 0. The van der Waals surface area contributed by atoms with Gasteiger partial charge >= 0.3 is 17.9 Å². The van der Waals surface area contributed by atoms with Gasteiger partial charge in [-0.25, -0.2) is 0 Å². The van der Waals surface area contributed by atoms with Crippen molar-refractivity contribution in [3.8, 4) is 0 Å². The molecule has 0 bridgehead atoms. The SMILES string of the molecule is CC/C=C\C/C=C\C/C=C\CCCCCC(=O)OC(COC(=O)CCCCCCCCC/C=C\C/C=C\CCCCC)COC(=O)CCCCCCCCCCCCCC. The zero-order chi connectivity index (χ0) is 43.7. The van der Waals surface area contributed by atoms with E-state index in [9.17, 15) is 14.4 Å². The predicted molar refractivity (Wildman–Crippen MR) is 256 cm³/mol. The molecule has 0 saturated heterocycles. The largest absolute Gasteiger partial charge is 0.462 e. The van der Waals surface area contributed by atoms with Gasteiger partial charge in [-0.2, -0.15) is 0 Å². The molecule has 60 heavy (non-hydrogen) atoms. The van der Waals surface area contributed by atoms with Crippen LogP contribution >= 0.6 is 0 Å². The maximum absolute atomic E-state index is 12.8. The summed E-state index contributed by atoms with van der Waals surface area (Å²) in [5.74, 6) is -0.922. The zero-order valence-corrected chi connectivity index (χ0v) is 39.5. The number of allylic oxidation sites excluding steroid dienone is 10. The molecule has 0 rings (SSSR count). The fraction of sp³-hybridized carbons (Fsp3) is 0.759. The third-order valence-corrected chi connectivity index (χ3v) is 10.8. The lowest BCUT2D eigenvalue weighted by Gasteiger charge is -2.18. The second-order valence-corrected chi connectivity index (χ2v) is 16.7. The fourth-order valence-corrected chi connectivity index (χ4v) is 6.96. The van der Waals surface area contributed by atoms with Crippen LogP contribution in [0.3, 0.4) is 0 Å². The van der Waals surface area contributed by atoms with E-state index < -0.39 is 6.10 Å². The minimum Gasteiger partial charge on any atom is -0.462 e. The van der Waals surface area contributed by atoms with Crippen LogP contribution in [0.25, 0.3) is 0 Å². The fourth-order valence-electron chi connectivity index (χ4n) is 6.96. The summed E-state index contributed by atoms with van der Waals surface area (Å²) in [7, 11) is 0. The Kier molecular flexibility index (Phi) is 46.4. The minimum absolute atomic E-state index is 0.0871. The van der Waals surface area contributed by atoms with Crippen LogP contribution in [-0.2, 0) is 28.6 Å². The first kappa shape index (κ1) is 57.1. The predicted octanol–water partition coefficient (Wildman–Crippen LogP) is 16.5. The van der Waals surface area contributed by atoms with Crippen molar-refractivity contribution in [2.24, 2.45) is 0 Å². The molecule has 0 saturated carbocycles. The Bertz CT molecular complexity index is 1100. The molecule has 0 amide bonds. The van der Waals surface area contributed by atoms with E-state index in [1.807, 2.05) is 0 Å². The zero-order valence-electron chi connectivity index (χ0n) is 39.5. The number of unbranched alkanes of at least 4 members (excludes halogenated alkanes) is 24. The molecular weight excluding hydrogens is 745 g/mol. The average Bonchev–Trinajstić information content (AvgIpc) is 3.24. The van der Waals surface area contributed by atoms with Crippen LogP contribution in [0.2, 0.25) is 0 Å². The highest BCUT2D eigenvalue weighted by Gasteiger charge is 2.19. The molecule has 1 atom stereocenters. The molecule has 346 valence electrons. The lowest BCUT2D eigenvalue weighted by atomic mass is 10.0. The normalized spacial score (nSPS) is 12.5. The first-order chi connectivity index (χ1) is 29.5. The third kappa shape index (κ3) is 46.2. The summed E-state index contributed by atoms with van der Waals surface area (Å²) in [5.41, 5.74) is 0. The van der Waals surface area contributed by atoms with Crippen molar-refractivity contribution in [1.29, 1.82) is 0 Å². The first-order valence-electron chi connectivity index (χ1n) is 25.3. The van der Waals surface area contributed by atoms with Crippen LogP contribution in [0.1, 0.15) is 245 Å². The van der Waals surface area contributed by atoms with Crippen LogP contribution in [0, 0.1) is 0 Å². The van der Waals surface area contributed by atoms with E-state index in [1.165, 1.54) is 109 Å². The van der Waals surface area contributed by atoms with Gasteiger partial charge in [-0.3, -0.25) is 14.4 Å².